The predicted octanol–water partition coefficient (Wildman–Crippen LogP) is 1.14. The van der Waals surface area contributed by atoms with Gasteiger partial charge in [0.1, 0.15) is 12.2 Å². The molecule has 0 amide bonds. The molecule has 4 heteroatoms. The van der Waals surface area contributed by atoms with Crippen LogP contribution >= 0.6 is 0 Å². The van der Waals surface area contributed by atoms with Gasteiger partial charge in [0.25, 0.3) is 0 Å². The molecule has 0 aliphatic rings. The number of hydrogen-bond acceptors (Lipinski definition) is 2. The molecular weight excluding hydrogens is 199 g/mol. The average Bonchev–Trinajstić information content (AvgIpc) is 2.17. The van der Waals surface area contributed by atoms with Crippen LogP contribution in [0.5, 0.6) is 0 Å². The highest BCUT2D eigenvalue weighted by Crippen LogP contribution is 2.10. The Labute approximate surface area is 86.2 Å². The van der Waals surface area contributed by atoms with Gasteiger partial charge in [0.2, 0.25) is 0 Å². The van der Waals surface area contributed by atoms with Crippen LogP contribution in [0.3, 0.4) is 0 Å². The number of carbonyl (C=O) groups is 1. The fraction of sp³-hybridized carbons (Fsp3) is 0.182. The van der Waals surface area contributed by atoms with E-state index >= 15 is 0 Å². The van der Waals surface area contributed by atoms with E-state index in [1.54, 1.807) is 0 Å². The van der Waals surface area contributed by atoms with Crippen molar-refractivity contribution in [1.82, 2.24) is 0 Å². The zero-order valence-electron chi connectivity index (χ0n) is 7.83. The molecule has 15 heavy (non-hydrogen) atoms. The van der Waals surface area contributed by atoms with Crippen LogP contribution in [0.2, 0.25) is 0 Å². The second-order valence-corrected chi connectivity index (χ2v) is 2.83. The Morgan fingerprint density at radius 2 is 2.20 bits per heavy atom. The molecule has 1 aromatic rings. The summed E-state index contributed by atoms with van der Waals surface area (Å²) in [5, 5.41) is 17.3. The molecule has 2 N–H and O–H groups in total. The first-order valence-electron chi connectivity index (χ1n) is 4.23. The minimum Gasteiger partial charge on any atom is -0.481 e. The van der Waals surface area contributed by atoms with Gasteiger partial charge < -0.3 is 10.2 Å². The van der Waals surface area contributed by atoms with Gasteiger partial charge in [0.15, 0.2) is 0 Å². The highest BCUT2D eigenvalue weighted by atomic mass is 19.1. The lowest BCUT2D eigenvalue weighted by atomic mass is 10.1. The van der Waals surface area contributed by atoms with E-state index in [-0.39, 0.29) is 13.0 Å². The Kier molecular flexibility index (Phi) is 3.83. The number of aliphatic carboxylic acids is 1. The second-order valence-electron chi connectivity index (χ2n) is 2.83. The number of carboxylic acid groups (broad SMARTS) is 1. The van der Waals surface area contributed by atoms with E-state index in [9.17, 15) is 9.18 Å². The SMILES string of the molecule is O=C(O)CC#Cc1cc(F)ccc1CO. The molecule has 0 bridgehead atoms. The molecule has 0 radical (unpaired) electrons. The smallest absolute Gasteiger partial charge is 0.315 e. The van der Waals surface area contributed by atoms with Crippen LogP contribution in [-0.2, 0) is 11.4 Å². The van der Waals surface area contributed by atoms with Crippen molar-refractivity contribution in [2.24, 2.45) is 0 Å². The van der Waals surface area contributed by atoms with Gasteiger partial charge in [-0.05, 0) is 17.7 Å². The van der Waals surface area contributed by atoms with Crippen LogP contribution < -0.4 is 0 Å². The minimum absolute atomic E-state index is 0.253. The van der Waals surface area contributed by atoms with Crippen molar-refractivity contribution in [1.29, 1.82) is 0 Å². The van der Waals surface area contributed by atoms with E-state index in [2.05, 4.69) is 11.8 Å². The van der Waals surface area contributed by atoms with Gasteiger partial charge >= 0.3 is 5.97 Å². The average molecular weight is 208 g/mol. The molecule has 0 spiro atoms. The van der Waals surface area contributed by atoms with E-state index in [0.29, 0.717) is 11.1 Å². The van der Waals surface area contributed by atoms with Gasteiger partial charge in [-0.3, -0.25) is 4.79 Å². The van der Waals surface area contributed by atoms with Gasteiger partial charge in [-0.1, -0.05) is 17.9 Å². The van der Waals surface area contributed by atoms with Gasteiger partial charge in [0, 0.05) is 5.56 Å². The van der Waals surface area contributed by atoms with Crippen LogP contribution in [0.1, 0.15) is 17.5 Å². The van der Waals surface area contributed by atoms with E-state index in [4.69, 9.17) is 10.2 Å². The standard InChI is InChI=1S/C11H9FO3/c12-10-5-4-9(7-13)8(6-10)2-1-3-11(14)15/h4-6,13H,3,7H2,(H,14,15). The predicted molar refractivity (Wildman–Crippen MR) is 51.5 cm³/mol. The van der Waals surface area contributed by atoms with E-state index in [1.165, 1.54) is 18.2 Å². The van der Waals surface area contributed by atoms with Gasteiger partial charge in [0.05, 0.1) is 6.61 Å². The van der Waals surface area contributed by atoms with E-state index in [0.717, 1.165) is 0 Å². The molecule has 3 nitrogen and oxygen atoms in total. The van der Waals surface area contributed by atoms with Crippen molar-refractivity contribution in [3.63, 3.8) is 0 Å². The number of hydrogen-bond donors (Lipinski definition) is 2. The molecule has 0 saturated heterocycles. The molecule has 0 unspecified atom stereocenters. The fourth-order valence-electron chi connectivity index (χ4n) is 1.02. The molecule has 0 aliphatic carbocycles. The van der Waals surface area contributed by atoms with E-state index < -0.39 is 11.8 Å². The maximum atomic E-state index is 12.8. The summed E-state index contributed by atoms with van der Waals surface area (Å²) in [7, 11) is 0. The summed E-state index contributed by atoms with van der Waals surface area (Å²) in [5.74, 6) is 3.38. The maximum absolute atomic E-state index is 12.8. The second kappa shape index (κ2) is 5.13. The highest BCUT2D eigenvalue weighted by molar-refractivity contribution is 5.70. The Morgan fingerprint density at radius 1 is 1.47 bits per heavy atom. The first kappa shape index (κ1) is 11.2. The Bertz CT molecular complexity index is 429. The van der Waals surface area contributed by atoms with Crippen LogP contribution in [0, 0.1) is 17.7 Å². The number of halogens is 1. The molecule has 0 aliphatic heterocycles. The van der Waals surface area contributed by atoms with E-state index in [1.807, 2.05) is 0 Å². The lowest BCUT2D eigenvalue weighted by Crippen LogP contribution is -1.93. The molecule has 1 rings (SSSR count). The third-order valence-corrected chi connectivity index (χ3v) is 1.70. The van der Waals surface area contributed by atoms with Crippen LogP contribution in [0.15, 0.2) is 18.2 Å². The van der Waals surface area contributed by atoms with Crippen molar-refractivity contribution in [3.05, 3.63) is 35.1 Å². The number of rotatable bonds is 2. The van der Waals surface area contributed by atoms with Crippen LogP contribution in [-0.4, -0.2) is 16.2 Å². The van der Waals surface area contributed by atoms with Crippen molar-refractivity contribution in [2.75, 3.05) is 0 Å². The summed E-state index contributed by atoms with van der Waals surface area (Å²) in [6.07, 6.45) is -0.304. The van der Waals surface area contributed by atoms with Crippen molar-refractivity contribution < 1.29 is 19.4 Å². The lowest BCUT2D eigenvalue weighted by Gasteiger charge is -1.99. The first-order valence-corrected chi connectivity index (χ1v) is 4.23. The van der Waals surface area contributed by atoms with Gasteiger partial charge in [-0.2, -0.15) is 0 Å². The lowest BCUT2D eigenvalue weighted by molar-refractivity contribution is -0.135. The molecule has 1 aromatic carbocycles. The maximum Gasteiger partial charge on any atom is 0.315 e. The number of benzene rings is 1. The van der Waals surface area contributed by atoms with Gasteiger partial charge in [-0.15, -0.1) is 0 Å². The normalized spacial score (nSPS) is 9.20. The summed E-state index contributed by atoms with van der Waals surface area (Å²) in [6.45, 7) is -0.253. The number of aliphatic hydroxyl groups excluding tert-OH is 1. The summed E-state index contributed by atoms with van der Waals surface area (Å²) in [6, 6.07) is 3.80. The molecular formula is C11H9FO3. The highest BCUT2D eigenvalue weighted by Gasteiger charge is 2.00. The summed E-state index contributed by atoms with van der Waals surface area (Å²) >= 11 is 0. The van der Waals surface area contributed by atoms with Crippen molar-refractivity contribution >= 4 is 5.97 Å². The molecule has 0 saturated carbocycles. The zero-order chi connectivity index (χ0) is 11.3. The van der Waals surface area contributed by atoms with Crippen LogP contribution in [0.25, 0.3) is 0 Å². The number of carboxylic acids is 1. The van der Waals surface area contributed by atoms with Gasteiger partial charge in [-0.25, -0.2) is 4.39 Å². The Balaban J connectivity index is 2.94. The quantitative estimate of drug-likeness (QED) is 0.716. The Morgan fingerprint density at radius 3 is 2.80 bits per heavy atom. The number of aliphatic hydroxyl groups is 1. The third-order valence-electron chi connectivity index (χ3n) is 1.70. The summed E-state index contributed by atoms with van der Waals surface area (Å²) in [5.41, 5.74) is 0.799. The monoisotopic (exact) mass is 208 g/mol. The fourth-order valence-corrected chi connectivity index (χ4v) is 1.02. The molecule has 0 atom stereocenters. The summed E-state index contributed by atoms with van der Waals surface area (Å²) < 4.78 is 12.8. The zero-order valence-corrected chi connectivity index (χ0v) is 7.83. The Hall–Kier alpha value is -1.86. The topological polar surface area (TPSA) is 57.5 Å². The first-order chi connectivity index (χ1) is 7.13. The molecule has 0 fully saturated rings. The largest absolute Gasteiger partial charge is 0.481 e. The minimum atomic E-state index is -1.04. The summed E-state index contributed by atoms with van der Waals surface area (Å²) in [4.78, 5) is 10.2. The molecule has 0 heterocycles. The third kappa shape index (κ3) is 3.41. The van der Waals surface area contributed by atoms with Crippen molar-refractivity contribution in [3.8, 4) is 11.8 Å². The molecule has 0 aromatic heterocycles. The van der Waals surface area contributed by atoms with Crippen LogP contribution in [0.4, 0.5) is 4.39 Å². The molecule has 78 valence electrons. The van der Waals surface area contributed by atoms with Crippen molar-refractivity contribution in [2.45, 2.75) is 13.0 Å².